The number of halogens is 3. The summed E-state index contributed by atoms with van der Waals surface area (Å²) >= 11 is 11.9. The number of benzene rings is 2. The van der Waals surface area contributed by atoms with Crippen LogP contribution in [0, 0.1) is 5.82 Å². The summed E-state index contributed by atoms with van der Waals surface area (Å²) < 4.78 is 13.2. The van der Waals surface area contributed by atoms with Gasteiger partial charge in [0.25, 0.3) is 0 Å². The summed E-state index contributed by atoms with van der Waals surface area (Å²) in [5, 5.41) is 1.23. The number of hydrogen-bond donors (Lipinski definition) is 1. The average Bonchev–Trinajstić information content (AvgIpc) is 2.34. The van der Waals surface area contributed by atoms with Crippen LogP contribution in [0.3, 0.4) is 0 Å². The number of hydrogen-bond acceptors (Lipinski definition) is 1. The Balaban J connectivity index is 2.05. The molecule has 0 amide bonds. The molecule has 0 saturated carbocycles. The van der Waals surface area contributed by atoms with Gasteiger partial charge in [0.2, 0.25) is 0 Å². The summed E-state index contributed by atoms with van der Waals surface area (Å²) in [6, 6.07) is 11.8. The second-order valence-electron chi connectivity index (χ2n) is 4.53. The maximum atomic E-state index is 13.2. The Morgan fingerprint density at radius 3 is 2.58 bits per heavy atom. The van der Waals surface area contributed by atoms with E-state index in [2.05, 4.69) is 0 Å². The molecule has 0 spiro atoms. The summed E-state index contributed by atoms with van der Waals surface area (Å²) in [5.74, 6) is -0.297. The Morgan fingerprint density at radius 1 is 1.05 bits per heavy atom. The molecule has 2 N–H and O–H groups in total. The quantitative estimate of drug-likeness (QED) is 0.897. The van der Waals surface area contributed by atoms with E-state index in [-0.39, 0.29) is 11.9 Å². The molecule has 1 unspecified atom stereocenters. The van der Waals surface area contributed by atoms with Crippen molar-refractivity contribution in [1.82, 2.24) is 0 Å². The largest absolute Gasteiger partial charge is 0.327 e. The second kappa shape index (κ2) is 6.38. The molecule has 100 valence electrons. The van der Waals surface area contributed by atoms with E-state index in [1.807, 2.05) is 24.3 Å². The predicted molar refractivity (Wildman–Crippen MR) is 78.2 cm³/mol. The van der Waals surface area contributed by atoms with Crippen molar-refractivity contribution in [3.63, 3.8) is 0 Å². The van der Waals surface area contributed by atoms with Gasteiger partial charge in [0.15, 0.2) is 0 Å². The van der Waals surface area contributed by atoms with Crippen LogP contribution in [0.4, 0.5) is 4.39 Å². The van der Waals surface area contributed by atoms with E-state index >= 15 is 0 Å². The lowest BCUT2D eigenvalue weighted by atomic mass is 10.00. The molecule has 2 aromatic carbocycles. The van der Waals surface area contributed by atoms with E-state index in [9.17, 15) is 4.39 Å². The minimum atomic E-state index is -0.297. The zero-order valence-electron chi connectivity index (χ0n) is 10.2. The van der Waals surface area contributed by atoms with Gasteiger partial charge in [-0.05, 0) is 54.3 Å². The van der Waals surface area contributed by atoms with E-state index in [4.69, 9.17) is 28.9 Å². The lowest BCUT2D eigenvalue weighted by Crippen LogP contribution is -2.25. The SMILES string of the molecule is NC(Cc1cccc(Cl)c1)Cc1cc(F)ccc1Cl. The van der Waals surface area contributed by atoms with Crippen LogP contribution in [0.25, 0.3) is 0 Å². The molecular formula is C15H14Cl2FN. The summed E-state index contributed by atoms with van der Waals surface area (Å²) in [6.07, 6.45) is 1.20. The monoisotopic (exact) mass is 297 g/mol. The Kier molecular flexibility index (Phi) is 4.81. The smallest absolute Gasteiger partial charge is 0.123 e. The molecule has 0 radical (unpaired) electrons. The fourth-order valence-corrected chi connectivity index (χ4v) is 2.43. The minimum Gasteiger partial charge on any atom is -0.327 e. The van der Waals surface area contributed by atoms with Gasteiger partial charge in [-0.15, -0.1) is 0 Å². The van der Waals surface area contributed by atoms with Crippen LogP contribution in [0.1, 0.15) is 11.1 Å². The van der Waals surface area contributed by atoms with Crippen molar-refractivity contribution in [3.05, 3.63) is 69.5 Å². The normalized spacial score (nSPS) is 12.4. The van der Waals surface area contributed by atoms with E-state index in [0.717, 1.165) is 11.1 Å². The number of rotatable bonds is 4. The molecule has 0 bridgehead atoms. The van der Waals surface area contributed by atoms with Gasteiger partial charge in [0, 0.05) is 16.1 Å². The van der Waals surface area contributed by atoms with Crippen molar-refractivity contribution in [2.75, 3.05) is 0 Å². The highest BCUT2D eigenvalue weighted by Gasteiger charge is 2.09. The van der Waals surface area contributed by atoms with Crippen LogP contribution < -0.4 is 5.73 Å². The Labute approximate surface area is 122 Å². The van der Waals surface area contributed by atoms with Gasteiger partial charge in [-0.1, -0.05) is 35.3 Å². The molecule has 0 aromatic heterocycles. The van der Waals surface area contributed by atoms with Crippen molar-refractivity contribution < 1.29 is 4.39 Å². The predicted octanol–water partition coefficient (Wildman–Crippen LogP) is 4.25. The highest BCUT2D eigenvalue weighted by Crippen LogP contribution is 2.20. The first-order valence-corrected chi connectivity index (χ1v) is 6.74. The maximum Gasteiger partial charge on any atom is 0.123 e. The second-order valence-corrected chi connectivity index (χ2v) is 5.38. The molecule has 19 heavy (non-hydrogen) atoms. The highest BCUT2D eigenvalue weighted by atomic mass is 35.5. The van der Waals surface area contributed by atoms with Crippen molar-refractivity contribution in [2.45, 2.75) is 18.9 Å². The zero-order chi connectivity index (χ0) is 13.8. The van der Waals surface area contributed by atoms with Crippen LogP contribution in [-0.4, -0.2) is 6.04 Å². The van der Waals surface area contributed by atoms with Crippen molar-refractivity contribution in [2.24, 2.45) is 5.73 Å². The molecule has 0 aliphatic rings. The molecule has 4 heteroatoms. The van der Waals surface area contributed by atoms with Gasteiger partial charge in [-0.3, -0.25) is 0 Å². The molecule has 0 aliphatic carbocycles. The third kappa shape index (κ3) is 4.20. The lowest BCUT2D eigenvalue weighted by molar-refractivity contribution is 0.618. The van der Waals surface area contributed by atoms with Gasteiger partial charge < -0.3 is 5.73 Å². The van der Waals surface area contributed by atoms with Crippen molar-refractivity contribution in [1.29, 1.82) is 0 Å². The molecule has 0 aliphatic heterocycles. The fourth-order valence-electron chi connectivity index (χ4n) is 2.02. The Hall–Kier alpha value is -1.09. The average molecular weight is 298 g/mol. The number of nitrogens with two attached hydrogens (primary N) is 1. The van der Waals surface area contributed by atoms with E-state index in [1.54, 1.807) is 6.07 Å². The van der Waals surface area contributed by atoms with E-state index in [0.29, 0.717) is 22.9 Å². The Morgan fingerprint density at radius 2 is 1.84 bits per heavy atom. The molecule has 1 nitrogen and oxygen atoms in total. The van der Waals surface area contributed by atoms with Crippen molar-refractivity contribution in [3.8, 4) is 0 Å². The topological polar surface area (TPSA) is 26.0 Å². The molecular weight excluding hydrogens is 284 g/mol. The first kappa shape index (κ1) is 14.3. The molecule has 2 aromatic rings. The summed E-state index contributed by atoms with van der Waals surface area (Å²) in [4.78, 5) is 0. The van der Waals surface area contributed by atoms with Crippen LogP contribution in [0.15, 0.2) is 42.5 Å². The van der Waals surface area contributed by atoms with Gasteiger partial charge >= 0.3 is 0 Å². The molecule has 2 rings (SSSR count). The molecule has 0 saturated heterocycles. The van der Waals surface area contributed by atoms with Gasteiger partial charge in [0.05, 0.1) is 0 Å². The Bertz CT molecular complexity index is 572. The summed E-state index contributed by atoms with van der Waals surface area (Å²) in [5.41, 5.74) is 7.88. The standard InChI is InChI=1S/C15H14Cl2FN/c16-12-3-1-2-10(6-12)7-14(19)9-11-8-13(18)4-5-15(11)17/h1-6,8,14H,7,9,19H2. The van der Waals surface area contributed by atoms with Crippen molar-refractivity contribution >= 4 is 23.2 Å². The van der Waals surface area contributed by atoms with E-state index in [1.165, 1.54) is 12.1 Å². The summed E-state index contributed by atoms with van der Waals surface area (Å²) in [7, 11) is 0. The summed E-state index contributed by atoms with van der Waals surface area (Å²) in [6.45, 7) is 0. The molecule has 0 fully saturated rings. The van der Waals surface area contributed by atoms with Gasteiger partial charge in [-0.25, -0.2) is 4.39 Å². The third-order valence-corrected chi connectivity index (χ3v) is 3.48. The lowest BCUT2D eigenvalue weighted by Gasteiger charge is -2.13. The zero-order valence-corrected chi connectivity index (χ0v) is 11.8. The molecule has 0 heterocycles. The van der Waals surface area contributed by atoms with Crippen LogP contribution in [0.2, 0.25) is 10.0 Å². The van der Waals surface area contributed by atoms with Crippen LogP contribution in [0.5, 0.6) is 0 Å². The fraction of sp³-hybridized carbons (Fsp3) is 0.200. The first-order chi connectivity index (χ1) is 9.04. The van der Waals surface area contributed by atoms with Crippen LogP contribution in [-0.2, 0) is 12.8 Å². The highest BCUT2D eigenvalue weighted by molar-refractivity contribution is 6.31. The van der Waals surface area contributed by atoms with Gasteiger partial charge in [-0.2, -0.15) is 0 Å². The van der Waals surface area contributed by atoms with Gasteiger partial charge in [0.1, 0.15) is 5.82 Å². The van der Waals surface area contributed by atoms with Crippen LogP contribution >= 0.6 is 23.2 Å². The minimum absolute atomic E-state index is 0.127. The van der Waals surface area contributed by atoms with E-state index < -0.39 is 0 Å². The molecule has 1 atom stereocenters. The first-order valence-electron chi connectivity index (χ1n) is 5.98. The maximum absolute atomic E-state index is 13.2. The third-order valence-electron chi connectivity index (χ3n) is 2.88.